The highest BCUT2D eigenvalue weighted by Gasteiger charge is 2.28. The predicted molar refractivity (Wildman–Crippen MR) is 127 cm³/mol. The van der Waals surface area contributed by atoms with Crippen LogP contribution in [0.1, 0.15) is 24.2 Å². The summed E-state index contributed by atoms with van der Waals surface area (Å²) >= 11 is 0. The van der Waals surface area contributed by atoms with Gasteiger partial charge < -0.3 is 20.4 Å². The Morgan fingerprint density at radius 1 is 1.15 bits per heavy atom. The van der Waals surface area contributed by atoms with Crippen LogP contribution in [0.2, 0.25) is 0 Å². The molecule has 0 radical (unpaired) electrons. The van der Waals surface area contributed by atoms with Crippen LogP contribution in [0, 0.1) is 12.8 Å². The van der Waals surface area contributed by atoms with Gasteiger partial charge in [-0.1, -0.05) is 42.5 Å². The summed E-state index contributed by atoms with van der Waals surface area (Å²) in [5.74, 6) is 2.84. The van der Waals surface area contributed by atoms with Crippen LogP contribution in [0.25, 0.3) is 22.6 Å². The predicted octanol–water partition coefficient (Wildman–Crippen LogP) is 3.61. The third-order valence-electron chi connectivity index (χ3n) is 5.85. The van der Waals surface area contributed by atoms with Crippen molar-refractivity contribution in [2.75, 3.05) is 18.0 Å². The lowest BCUT2D eigenvalue weighted by Crippen LogP contribution is -2.23. The summed E-state index contributed by atoms with van der Waals surface area (Å²) in [7, 11) is 0. The number of nitrogens with one attached hydrogen (secondary N) is 1. The molecule has 8 nitrogen and oxygen atoms in total. The molecule has 2 aromatic heterocycles. The summed E-state index contributed by atoms with van der Waals surface area (Å²) in [6.07, 6.45) is 1.28. The summed E-state index contributed by atoms with van der Waals surface area (Å²) in [6.45, 7) is 3.84. The number of carbonyl (C=O) groups excluding carboxylic acids is 1. The van der Waals surface area contributed by atoms with E-state index in [4.69, 9.17) is 25.4 Å². The molecule has 3 heterocycles. The summed E-state index contributed by atoms with van der Waals surface area (Å²) in [6, 6.07) is 17.8. The minimum Gasteiger partial charge on any atom is -0.486 e. The largest absolute Gasteiger partial charge is 0.486 e. The van der Waals surface area contributed by atoms with Crippen LogP contribution in [0.15, 0.2) is 54.6 Å². The maximum absolute atomic E-state index is 11.4. The van der Waals surface area contributed by atoms with Crippen LogP contribution in [0.3, 0.4) is 0 Å². The number of fused-ring (bicyclic) bond motifs is 1. The van der Waals surface area contributed by atoms with E-state index in [-0.39, 0.29) is 11.8 Å². The molecule has 1 aliphatic heterocycles. The molecule has 3 N–H and O–H groups in total. The van der Waals surface area contributed by atoms with Gasteiger partial charge in [-0.3, -0.25) is 4.79 Å². The number of aromatic nitrogens is 4. The van der Waals surface area contributed by atoms with Crippen molar-refractivity contribution in [1.82, 2.24) is 19.9 Å². The Morgan fingerprint density at radius 3 is 2.79 bits per heavy atom. The smallest absolute Gasteiger partial charge is 0.217 e. The maximum atomic E-state index is 11.4. The normalized spacial score (nSPS) is 15.8. The molecule has 4 aromatic rings. The monoisotopic (exact) mass is 442 g/mol. The maximum Gasteiger partial charge on any atom is 0.217 e. The second-order valence-corrected chi connectivity index (χ2v) is 8.50. The topological polar surface area (TPSA) is 110 Å². The number of amides is 1. The van der Waals surface area contributed by atoms with Crippen molar-refractivity contribution in [2.45, 2.75) is 26.4 Å². The van der Waals surface area contributed by atoms with E-state index in [0.29, 0.717) is 30.3 Å². The highest BCUT2D eigenvalue weighted by molar-refractivity contribution is 5.86. The first-order valence-electron chi connectivity index (χ1n) is 11.1. The van der Waals surface area contributed by atoms with Crippen molar-refractivity contribution in [2.24, 2.45) is 11.7 Å². The summed E-state index contributed by atoms with van der Waals surface area (Å²) in [4.78, 5) is 31.3. The number of nitrogens with two attached hydrogens (primary N) is 1. The first-order chi connectivity index (χ1) is 16.0. The van der Waals surface area contributed by atoms with Gasteiger partial charge in [0.2, 0.25) is 5.91 Å². The minimum absolute atomic E-state index is 0.222. The fraction of sp³-hybridized carbons (Fsp3) is 0.280. The first kappa shape index (κ1) is 20.9. The molecule has 1 amide bonds. The van der Waals surface area contributed by atoms with E-state index in [1.165, 1.54) is 0 Å². The molecular weight excluding hydrogens is 416 g/mol. The molecular formula is C25H26N6O2. The molecule has 2 aromatic carbocycles. The SMILES string of the molecule is Cc1cccc(OCc2nc3nc(-c4ccccc4)nc(N4CCC(CC(N)=O)C4)c3[nH]2)c1. The van der Waals surface area contributed by atoms with Gasteiger partial charge in [0.15, 0.2) is 17.3 Å². The molecule has 0 saturated carbocycles. The molecule has 168 valence electrons. The van der Waals surface area contributed by atoms with E-state index in [1.807, 2.05) is 61.5 Å². The number of benzene rings is 2. The van der Waals surface area contributed by atoms with Gasteiger partial charge in [-0.2, -0.15) is 0 Å². The van der Waals surface area contributed by atoms with Gasteiger partial charge >= 0.3 is 0 Å². The Bertz CT molecular complexity index is 1290. The van der Waals surface area contributed by atoms with Crippen LogP contribution < -0.4 is 15.4 Å². The van der Waals surface area contributed by atoms with Crippen LogP contribution in [0.5, 0.6) is 5.75 Å². The standard InChI is InChI=1S/C25H26N6O2/c1-16-6-5-9-19(12-16)33-15-21-27-22-24(28-21)29-23(18-7-3-2-4-8-18)30-25(22)31-11-10-17(14-31)13-20(26)32/h2-9,12,17H,10-11,13-15H2,1H3,(H2,26,32)(H,27,28,29,30). The molecule has 0 aliphatic carbocycles. The number of hydrogen-bond donors (Lipinski definition) is 2. The van der Waals surface area contributed by atoms with Crippen LogP contribution in [-0.4, -0.2) is 38.9 Å². The van der Waals surface area contributed by atoms with Crippen LogP contribution >= 0.6 is 0 Å². The molecule has 5 rings (SSSR count). The average Bonchev–Trinajstić information content (AvgIpc) is 3.44. The van der Waals surface area contributed by atoms with Crippen molar-refractivity contribution in [1.29, 1.82) is 0 Å². The molecule has 1 saturated heterocycles. The van der Waals surface area contributed by atoms with E-state index in [2.05, 4.69) is 9.88 Å². The highest BCUT2D eigenvalue weighted by atomic mass is 16.5. The van der Waals surface area contributed by atoms with Gasteiger partial charge in [0.05, 0.1) is 0 Å². The lowest BCUT2D eigenvalue weighted by Gasteiger charge is -2.18. The Labute approximate surface area is 191 Å². The van der Waals surface area contributed by atoms with Crippen LogP contribution in [0.4, 0.5) is 5.82 Å². The number of hydrogen-bond acceptors (Lipinski definition) is 6. The van der Waals surface area contributed by atoms with E-state index in [9.17, 15) is 4.79 Å². The van der Waals surface area contributed by atoms with E-state index >= 15 is 0 Å². The van der Waals surface area contributed by atoms with E-state index < -0.39 is 0 Å². The number of nitrogens with zero attached hydrogens (tertiary/aromatic N) is 4. The number of aromatic amines is 1. The van der Waals surface area contributed by atoms with E-state index in [0.717, 1.165) is 47.7 Å². The van der Waals surface area contributed by atoms with Gasteiger partial charge in [0.1, 0.15) is 23.7 Å². The minimum atomic E-state index is -0.267. The lowest BCUT2D eigenvalue weighted by atomic mass is 10.1. The Kier molecular flexibility index (Phi) is 5.64. The number of imidazole rings is 1. The fourth-order valence-corrected chi connectivity index (χ4v) is 4.28. The third kappa shape index (κ3) is 4.64. The second-order valence-electron chi connectivity index (χ2n) is 8.50. The Balaban J connectivity index is 1.48. The Hall–Kier alpha value is -3.94. The van der Waals surface area contributed by atoms with E-state index in [1.54, 1.807) is 0 Å². The van der Waals surface area contributed by atoms with Crippen molar-refractivity contribution < 1.29 is 9.53 Å². The molecule has 0 bridgehead atoms. The molecule has 1 aliphatic rings. The number of primary amides is 1. The molecule has 1 atom stereocenters. The first-order valence-corrected chi connectivity index (χ1v) is 11.1. The third-order valence-corrected chi connectivity index (χ3v) is 5.85. The quantitative estimate of drug-likeness (QED) is 0.452. The zero-order chi connectivity index (χ0) is 22.8. The van der Waals surface area contributed by atoms with Gasteiger partial charge in [-0.05, 0) is 37.0 Å². The zero-order valence-corrected chi connectivity index (χ0v) is 18.5. The summed E-state index contributed by atoms with van der Waals surface area (Å²) in [5.41, 5.74) is 8.86. The molecule has 1 unspecified atom stereocenters. The number of aryl methyl sites for hydroxylation is 1. The average molecular weight is 443 g/mol. The number of rotatable bonds is 7. The highest BCUT2D eigenvalue weighted by Crippen LogP contribution is 2.31. The van der Waals surface area contributed by atoms with Gasteiger partial charge in [-0.15, -0.1) is 0 Å². The van der Waals surface area contributed by atoms with Gasteiger partial charge in [-0.25, -0.2) is 15.0 Å². The van der Waals surface area contributed by atoms with Crippen LogP contribution in [-0.2, 0) is 11.4 Å². The number of ether oxygens (including phenoxy) is 1. The molecule has 1 fully saturated rings. The number of H-pyrrole nitrogens is 1. The summed E-state index contributed by atoms with van der Waals surface area (Å²) in [5, 5.41) is 0. The number of anilines is 1. The van der Waals surface area contributed by atoms with Gasteiger partial charge in [0.25, 0.3) is 0 Å². The molecule has 8 heteroatoms. The zero-order valence-electron chi connectivity index (χ0n) is 18.5. The van der Waals surface area contributed by atoms with Crippen molar-refractivity contribution in [3.05, 3.63) is 66.0 Å². The number of carbonyl (C=O) groups is 1. The Morgan fingerprint density at radius 2 is 2.00 bits per heavy atom. The van der Waals surface area contributed by atoms with Gasteiger partial charge in [0, 0.05) is 25.1 Å². The molecule has 0 spiro atoms. The second kappa shape index (κ2) is 8.90. The van der Waals surface area contributed by atoms with Crippen molar-refractivity contribution in [3.63, 3.8) is 0 Å². The lowest BCUT2D eigenvalue weighted by molar-refractivity contribution is -0.118. The summed E-state index contributed by atoms with van der Waals surface area (Å²) < 4.78 is 5.94. The van der Waals surface area contributed by atoms with Crippen molar-refractivity contribution >= 4 is 22.9 Å². The van der Waals surface area contributed by atoms with Crippen molar-refractivity contribution in [3.8, 4) is 17.1 Å². The molecule has 33 heavy (non-hydrogen) atoms. The fourth-order valence-electron chi connectivity index (χ4n) is 4.28.